The Balaban J connectivity index is 1.65. The van der Waals surface area contributed by atoms with Gasteiger partial charge in [-0.15, -0.1) is 0 Å². The molecular weight excluding hydrogens is 290 g/mol. The summed E-state index contributed by atoms with van der Waals surface area (Å²) in [7, 11) is 0. The molecular formula is C18H21N3O2. The molecule has 120 valence electrons. The van der Waals surface area contributed by atoms with E-state index < -0.39 is 0 Å². The van der Waals surface area contributed by atoms with Crippen LogP contribution in [-0.2, 0) is 16.1 Å². The first-order valence-electron chi connectivity index (χ1n) is 8.29. The van der Waals surface area contributed by atoms with Gasteiger partial charge in [0.25, 0.3) is 5.91 Å². The lowest BCUT2D eigenvalue weighted by atomic mass is 10.1. The minimum Gasteiger partial charge on any atom is -0.368 e. The Labute approximate surface area is 135 Å². The quantitative estimate of drug-likeness (QED) is 0.857. The van der Waals surface area contributed by atoms with Gasteiger partial charge in [-0.05, 0) is 26.2 Å². The summed E-state index contributed by atoms with van der Waals surface area (Å²) in [6, 6.07) is 8.33. The minimum atomic E-state index is -0.291. The van der Waals surface area contributed by atoms with E-state index in [4.69, 9.17) is 9.72 Å². The van der Waals surface area contributed by atoms with Crippen molar-refractivity contribution in [1.82, 2.24) is 9.55 Å². The molecule has 2 aromatic rings. The Hall–Kier alpha value is -2.14. The van der Waals surface area contributed by atoms with Crippen LogP contribution in [-0.4, -0.2) is 34.7 Å². The standard InChI is InChI=1S/C18H21N3O2/c1-13-5-7-14(8-6-13)15-12-20-9-3-10-21(18(20)19-15)17(22)16-4-2-11-23-16/h5-8,12,16H,2-4,9-11H2,1H3. The number of fused-ring (bicyclic) bond motifs is 1. The fourth-order valence-electron chi connectivity index (χ4n) is 3.30. The predicted molar refractivity (Wildman–Crippen MR) is 88.3 cm³/mol. The molecule has 0 saturated carbocycles. The van der Waals surface area contributed by atoms with Crippen molar-refractivity contribution in [3.63, 3.8) is 0 Å². The highest BCUT2D eigenvalue weighted by Gasteiger charge is 2.33. The molecule has 1 fully saturated rings. The second-order valence-corrected chi connectivity index (χ2v) is 6.33. The van der Waals surface area contributed by atoms with E-state index in [1.54, 1.807) is 4.90 Å². The molecule has 23 heavy (non-hydrogen) atoms. The van der Waals surface area contributed by atoms with Gasteiger partial charge in [0.1, 0.15) is 6.10 Å². The number of imidazole rings is 1. The third kappa shape index (κ3) is 2.65. The SMILES string of the molecule is Cc1ccc(-c2cn3c(n2)N(C(=O)C2CCCO2)CCC3)cc1. The molecule has 0 radical (unpaired) electrons. The molecule has 5 nitrogen and oxygen atoms in total. The lowest BCUT2D eigenvalue weighted by Crippen LogP contribution is -2.43. The largest absolute Gasteiger partial charge is 0.368 e. The molecule has 0 spiro atoms. The topological polar surface area (TPSA) is 47.4 Å². The van der Waals surface area contributed by atoms with Gasteiger partial charge in [0.15, 0.2) is 0 Å². The molecule has 3 heterocycles. The highest BCUT2D eigenvalue weighted by atomic mass is 16.5. The third-order valence-electron chi connectivity index (χ3n) is 4.60. The first-order chi connectivity index (χ1) is 11.2. The van der Waals surface area contributed by atoms with Crippen LogP contribution in [0.2, 0.25) is 0 Å². The fourth-order valence-corrected chi connectivity index (χ4v) is 3.30. The average molecular weight is 311 g/mol. The van der Waals surface area contributed by atoms with E-state index in [2.05, 4.69) is 42.0 Å². The molecule has 1 aromatic carbocycles. The van der Waals surface area contributed by atoms with Gasteiger partial charge in [0.05, 0.1) is 5.69 Å². The van der Waals surface area contributed by atoms with Crippen LogP contribution in [0.25, 0.3) is 11.3 Å². The number of carbonyl (C=O) groups excluding carboxylic acids is 1. The maximum absolute atomic E-state index is 12.7. The molecule has 0 aliphatic carbocycles. The summed E-state index contributed by atoms with van der Waals surface area (Å²) in [6.45, 7) is 4.39. The number of anilines is 1. The summed E-state index contributed by atoms with van der Waals surface area (Å²) in [4.78, 5) is 19.2. The Bertz CT molecular complexity index is 714. The molecule has 2 aliphatic heterocycles. The summed E-state index contributed by atoms with van der Waals surface area (Å²) < 4.78 is 7.65. The number of aryl methyl sites for hydroxylation is 2. The average Bonchev–Trinajstić information content (AvgIpc) is 3.24. The van der Waals surface area contributed by atoms with Crippen molar-refractivity contribution in [2.75, 3.05) is 18.1 Å². The van der Waals surface area contributed by atoms with Crippen molar-refractivity contribution >= 4 is 11.9 Å². The molecule has 1 atom stereocenters. The number of amides is 1. The van der Waals surface area contributed by atoms with Crippen LogP contribution in [0.3, 0.4) is 0 Å². The van der Waals surface area contributed by atoms with E-state index in [9.17, 15) is 4.79 Å². The Morgan fingerprint density at radius 3 is 2.78 bits per heavy atom. The number of nitrogens with zero attached hydrogens (tertiary/aromatic N) is 3. The first-order valence-corrected chi connectivity index (χ1v) is 8.29. The van der Waals surface area contributed by atoms with Crippen molar-refractivity contribution in [2.24, 2.45) is 0 Å². The summed E-state index contributed by atoms with van der Waals surface area (Å²) in [5.41, 5.74) is 3.24. The number of aromatic nitrogens is 2. The number of rotatable bonds is 2. The number of ether oxygens (including phenoxy) is 1. The monoisotopic (exact) mass is 311 g/mol. The van der Waals surface area contributed by atoms with E-state index >= 15 is 0 Å². The van der Waals surface area contributed by atoms with Gasteiger partial charge in [-0.25, -0.2) is 4.98 Å². The highest BCUT2D eigenvalue weighted by Crippen LogP contribution is 2.28. The van der Waals surface area contributed by atoms with Crippen LogP contribution in [0.5, 0.6) is 0 Å². The van der Waals surface area contributed by atoms with Crippen LogP contribution < -0.4 is 4.90 Å². The molecule has 0 bridgehead atoms. The summed E-state index contributed by atoms with van der Waals surface area (Å²) in [6.07, 6.45) is 4.50. The summed E-state index contributed by atoms with van der Waals surface area (Å²) in [5.74, 6) is 0.817. The lowest BCUT2D eigenvalue weighted by Gasteiger charge is -2.28. The summed E-state index contributed by atoms with van der Waals surface area (Å²) in [5, 5.41) is 0. The smallest absolute Gasteiger partial charge is 0.258 e. The molecule has 0 N–H and O–H groups in total. The highest BCUT2D eigenvalue weighted by molar-refractivity contribution is 5.95. The van der Waals surface area contributed by atoms with Gasteiger partial charge in [-0.3, -0.25) is 9.69 Å². The molecule has 1 saturated heterocycles. The molecule has 1 unspecified atom stereocenters. The normalized spacial score (nSPS) is 20.6. The van der Waals surface area contributed by atoms with E-state index in [1.165, 1.54) is 5.56 Å². The van der Waals surface area contributed by atoms with E-state index in [0.717, 1.165) is 49.6 Å². The maximum atomic E-state index is 12.7. The lowest BCUT2D eigenvalue weighted by molar-refractivity contribution is -0.127. The second-order valence-electron chi connectivity index (χ2n) is 6.33. The Morgan fingerprint density at radius 2 is 2.04 bits per heavy atom. The molecule has 4 rings (SSSR count). The van der Waals surface area contributed by atoms with Gasteiger partial charge in [-0.1, -0.05) is 29.8 Å². The van der Waals surface area contributed by atoms with Gasteiger partial charge in [0.2, 0.25) is 5.95 Å². The van der Waals surface area contributed by atoms with Gasteiger partial charge in [0, 0.05) is 31.5 Å². The van der Waals surface area contributed by atoms with E-state index in [-0.39, 0.29) is 12.0 Å². The van der Waals surface area contributed by atoms with Crippen LogP contribution in [0.4, 0.5) is 5.95 Å². The fraction of sp³-hybridized carbons (Fsp3) is 0.444. The second kappa shape index (κ2) is 5.81. The summed E-state index contributed by atoms with van der Waals surface area (Å²) >= 11 is 0. The number of benzene rings is 1. The van der Waals surface area contributed by atoms with Gasteiger partial charge < -0.3 is 9.30 Å². The minimum absolute atomic E-state index is 0.0597. The third-order valence-corrected chi connectivity index (χ3v) is 4.60. The zero-order valence-electron chi connectivity index (χ0n) is 13.4. The first kappa shape index (κ1) is 14.5. The van der Waals surface area contributed by atoms with Crippen LogP contribution in [0.1, 0.15) is 24.8 Å². The predicted octanol–water partition coefficient (Wildman–Crippen LogP) is 2.77. The van der Waals surface area contributed by atoms with Crippen molar-refractivity contribution in [1.29, 1.82) is 0 Å². The van der Waals surface area contributed by atoms with Crippen LogP contribution >= 0.6 is 0 Å². The van der Waals surface area contributed by atoms with Gasteiger partial charge >= 0.3 is 0 Å². The Kier molecular flexibility index (Phi) is 3.65. The zero-order valence-corrected chi connectivity index (χ0v) is 13.4. The number of carbonyl (C=O) groups is 1. The molecule has 5 heteroatoms. The van der Waals surface area contributed by atoms with E-state index in [0.29, 0.717) is 6.61 Å². The van der Waals surface area contributed by atoms with Crippen molar-refractivity contribution in [3.05, 3.63) is 36.0 Å². The van der Waals surface area contributed by atoms with Gasteiger partial charge in [-0.2, -0.15) is 0 Å². The zero-order chi connectivity index (χ0) is 15.8. The van der Waals surface area contributed by atoms with Crippen LogP contribution in [0.15, 0.2) is 30.5 Å². The molecule has 1 aromatic heterocycles. The number of hydrogen-bond acceptors (Lipinski definition) is 3. The van der Waals surface area contributed by atoms with Crippen molar-refractivity contribution < 1.29 is 9.53 Å². The molecule has 1 amide bonds. The van der Waals surface area contributed by atoms with Crippen LogP contribution in [0, 0.1) is 6.92 Å². The number of hydrogen-bond donors (Lipinski definition) is 0. The van der Waals surface area contributed by atoms with Crippen molar-refractivity contribution in [2.45, 2.75) is 38.8 Å². The maximum Gasteiger partial charge on any atom is 0.258 e. The Morgan fingerprint density at radius 1 is 1.22 bits per heavy atom. The van der Waals surface area contributed by atoms with Crippen molar-refractivity contribution in [3.8, 4) is 11.3 Å². The molecule has 2 aliphatic rings. The van der Waals surface area contributed by atoms with E-state index in [1.807, 2.05) is 0 Å².